The van der Waals surface area contributed by atoms with Crippen molar-refractivity contribution in [3.8, 4) is 5.75 Å². The fourth-order valence-corrected chi connectivity index (χ4v) is 2.66. The molecule has 0 radical (unpaired) electrons. The molecule has 3 rings (SSSR count). The van der Waals surface area contributed by atoms with E-state index in [-0.39, 0.29) is 12.5 Å². The maximum absolute atomic E-state index is 12.7. The minimum Gasteiger partial charge on any atom is -0.483 e. The van der Waals surface area contributed by atoms with Crippen molar-refractivity contribution < 1.29 is 19.4 Å². The Kier molecular flexibility index (Phi) is 4.02. The number of hydrogen-bond donors (Lipinski definition) is 1. The van der Waals surface area contributed by atoms with Gasteiger partial charge >= 0.3 is 5.97 Å². The Morgan fingerprint density at radius 3 is 2.52 bits per heavy atom. The van der Waals surface area contributed by atoms with E-state index in [1.165, 1.54) is 11.8 Å². The Morgan fingerprint density at radius 2 is 1.83 bits per heavy atom. The molecule has 118 valence electrons. The lowest BCUT2D eigenvalue weighted by Crippen LogP contribution is -2.44. The highest BCUT2D eigenvalue weighted by Gasteiger charge is 2.34. The zero-order valence-corrected chi connectivity index (χ0v) is 12.7. The second kappa shape index (κ2) is 6.12. The van der Waals surface area contributed by atoms with Crippen LogP contribution in [0.25, 0.3) is 0 Å². The Hall–Kier alpha value is -2.82. The van der Waals surface area contributed by atoms with E-state index in [0.29, 0.717) is 11.3 Å². The van der Waals surface area contributed by atoms with E-state index >= 15 is 0 Å². The molecular formula is C18H17NO4. The van der Waals surface area contributed by atoms with Gasteiger partial charge in [-0.05, 0) is 24.6 Å². The number of carboxylic acid groups (broad SMARTS) is 1. The van der Waals surface area contributed by atoms with Crippen LogP contribution in [0.2, 0.25) is 0 Å². The van der Waals surface area contributed by atoms with E-state index in [9.17, 15) is 14.7 Å². The minimum atomic E-state index is -1.04. The predicted octanol–water partition coefficient (Wildman–Crippen LogP) is 2.74. The van der Waals surface area contributed by atoms with E-state index in [1.807, 2.05) is 30.3 Å². The quantitative estimate of drug-likeness (QED) is 0.946. The lowest BCUT2D eigenvalue weighted by atomic mass is 10.1. The Balaban J connectivity index is 2.05. The summed E-state index contributed by atoms with van der Waals surface area (Å²) < 4.78 is 6.02. The van der Waals surface area contributed by atoms with E-state index in [4.69, 9.17) is 4.74 Å². The number of carbonyl (C=O) groups is 2. The largest absolute Gasteiger partial charge is 0.483 e. The Bertz CT molecular complexity index is 729. The van der Waals surface area contributed by atoms with Gasteiger partial charge in [0.15, 0.2) is 0 Å². The lowest BCUT2D eigenvalue weighted by molar-refractivity contribution is -0.141. The van der Waals surface area contributed by atoms with Crippen LogP contribution in [0.15, 0.2) is 54.6 Å². The average molecular weight is 311 g/mol. The molecule has 0 spiro atoms. The molecule has 1 heterocycles. The summed E-state index contributed by atoms with van der Waals surface area (Å²) in [7, 11) is 0. The molecule has 1 aliphatic heterocycles. The molecule has 5 nitrogen and oxygen atoms in total. The van der Waals surface area contributed by atoms with Crippen molar-refractivity contribution in [3.63, 3.8) is 0 Å². The smallest absolute Gasteiger partial charge is 0.326 e. The molecule has 1 N–H and O–H groups in total. The molecule has 2 aromatic carbocycles. The summed E-state index contributed by atoms with van der Waals surface area (Å²) in [5.74, 6) is -0.884. The van der Waals surface area contributed by atoms with Crippen LogP contribution in [0.3, 0.4) is 0 Å². The van der Waals surface area contributed by atoms with Gasteiger partial charge in [-0.15, -0.1) is 0 Å². The number of nitrogens with zero attached hydrogens (tertiary/aromatic N) is 1. The third kappa shape index (κ3) is 2.90. The number of carbonyl (C=O) groups excluding carboxylic acids is 1. The van der Waals surface area contributed by atoms with Gasteiger partial charge in [0, 0.05) is 0 Å². The molecule has 23 heavy (non-hydrogen) atoms. The number of hydrogen-bond acceptors (Lipinski definition) is 3. The number of para-hydroxylation sites is 1. The van der Waals surface area contributed by atoms with Crippen LogP contribution in [0, 0.1) is 0 Å². The number of carboxylic acids is 1. The van der Waals surface area contributed by atoms with Crippen LogP contribution in [-0.2, 0) is 4.79 Å². The third-order valence-corrected chi connectivity index (χ3v) is 4.01. The molecule has 2 aromatic rings. The summed E-state index contributed by atoms with van der Waals surface area (Å²) in [5.41, 5.74) is 1.29. The SMILES string of the molecule is CC(C(=O)O)N1CC(c2ccccc2)Oc2ccccc2C1=O. The molecule has 2 unspecified atom stereocenters. The van der Waals surface area contributed by atoms with Crippen molar-refractivity contribution in [3.05, 3.63) is 65.7 Å². The summed E-state index contributed by atoms with van der Waals surface area (Å²) in [6.07, 6.45) is -0.411. The molecule has 0 saturated heterocycles. The molecule has 0 aromatic heterocycles. The van der Waals surface area contributed by atoms with Crippen molar-refractivity contribution >= 4 is 11.9 Å². The van der Waals surface area contributed by atoms with E-state index in [0.717, 1.165) is 5.56 Å². The van der Waals surface area contributed by atoms with Gasteiger partial charge in [-0.25, -0.2) is 4.79 Å². The van der Waals surface area contributed by atoms with Crippen molar-refractivity contribution in [1.82, 2.24) is 4.90 Å². The van der Waals surface area contributed by atoms with Crippen LogP contribution in [0.1, 0.15) is 28.9 Å². The topological polar surface area (TPSA) is 66.8 Å². The molecule has 1 amide bonds. The normalized spacial score (nSPS) is 18.6. The van der Waals surface area contributed by atoms with E-state index in [1.54, 1.807) is 24.3 Å². The summed E-state index contributed by atoms with van der Waals surface area (Å²) in [5, 5.41) is 9.31. The van der Waals surface area contributed by atoms with Crippen LogP contribution in [0.5, 0.6) is 5.75 Å². The van der Waals surface area contributed by atoms with Gasteiger partial charge in [0.05, 0.1) is 12.1 Å². The molecule has 2 atom stereocenters. The molecule has 0 saturated carbocycles. The number of aliphatic carboxylic acids is 1. The monoisotopic (exact) mass is 311 g/mol. The summed E-state index contributed by atoms with van der Waals surface area (Å²) >= 11 is 0. The lowest BCUT2D eigenvalue weighted by Gasteiger charge is -2.27. The summed E-state index contributed by atoms with van der Waals surface area (Å²) in [4.78, 5) is 25.5. The summed E-state index contributed by atoms with van der Waals surface area (Å²) in [6, 6.07) is 15.5. The second-order valence-electron chi connectivity index (χ2n) is 5.49. The zero-order valence-electron chi connectivity index (χ0n) is 12.7. The van der Waals surface area contributed by atoms with Gasteiger partial charge in [-0.3, -0.25) is 4.79 Å². The first kappa shape index (κ1) is 15.1. The number of amides is 1. The summed E-state index contributed by atoms with van der Waals surface area (Å²) in [6.45, 7) is 1.70. The van der Waals surface area contributed by atoms with Crippen LogP contribution < -0.4 is 4.74 Å². The first-order valence-corrected chi connectivity index (χ1v) is 7.42. The van der Waals surface area contributed by atoms with Crippen molar-refractivity contribution in [2.45, 2.75) is 19.1 Å². The highest BCUT2D eigenvalue weighted by molar-refractivity contribution is 5.99. The third-order valence-electron chi connectivity index (χ3n) is 4.01. The molecule has 0 aliphatic carbocycles. The van der Waals surface area contributed by atoms with Gasteiger partial charge in [-0.1, -0.05) is 42.5 Å². The minimum absolute atomic E-state index is 0.186. The van der Waals surface area contributed by atoms with E-state index < -0.39 is 18.1 Å². The molecule has 0 bridgehead atoms. The number of fused-ring (bicyclic) bond motifs is 1. The Morgan fingerprint density at radius 1 is 1.17 bits per heavy atom. The van der Waals surface area contributed by atoms with Crippen LogP contribution in [0.4, 0.5) is 0 Å². The van der Waals surface area contributed by atoms with Gasteiger partial charge < -0.3 is 14.7 Å². The van der Waals surface area contributed by atoms with Crippen molar-refractivity contribution in [1.29, 1.82) is 0 Å². The fourth-order valence-electron chi connectivity index (χ4n) is 2.66. The van der Waals surface area contributed by atoms with Gasteiger partial charge in [0.25, 0.3) is 5.91 Å². The highest BCUT2D eigenvalue weighted by Crippen LogP contribution is 2.31. The van der Waals surface area contributed by atoms with Crippen molar-refractivity contribution in [2.24, 2.45) is 0 Å². The second-order valence-corrected chi connectivity index (χ2v) is 5.49. The van der Waals surface area contributed by atoms with Gasteiger partial charge in [-0.2, -0.15) is 0 Å². The van der Waals surface area contributed by atoms with Gasteiger partial charge in [0.1, 0.15) is 17.9 Å². The first-order valence-electron chi connectivity index (χ1n) is 7.42. The number of benzene rings is 2. The number of ether oxygens (including phenoxy) is 1. The van der Waals surface area contributed by atoms with E-state index in [2.05, 4.69) is 0 Å². The number of rotatable bonds is 3. The van der Waals surface area contributed by atoms with Gasteiger partial charge in [0.2, 0.25) is 0 Å². The zero-order chi connectivity index (χ0) is 16.4. The predicted molar refractivity (Wildman–Crippen MR) is 84.4 cm³/mol. The highest BCUT2D eigenvalue weighted by atomic mass is 16.5. The maximum Gasteiger partial charge on any atom is 0.326 e. The standard InChI is InChI=1S/C18H17NO4/c1-12(18(21)22)19-11-16(13-7-3-2-4-8-13)23-15-10-6-5-9-14(15)17(19)20/h2-10,12,16H,11H2,1H3,(H,21,22). The fraction of sp³-hybridized carbons (Fsp3) is 0.222. The maximum atomic E-state index is 12.7. The molecular weight excluding hydrogens is 294 g/mol. The van der Waals surface area contributed by atoms with Crippen molar-refractivity contribution in [2.75, 3.05) is 6.54 Å². The van der Waals surface area contributed by atoms with Crippen LogP contribution >= 0.6 is 0 Å². The average Bonchev–Trinajstić information content (AvgIpc) is 2.72. The molecule has 5 heteroatoms. The molecule has 1 aliphatic rings. The first-order chi connectivity index (χ1) is 11.1. The molecule has 0 fully saturated rings. The Labute approximate surface area is 134 Å². The van der Waals surface area contributed by atoms with Crippen LogP contribution in [-0.4, -0.2) is 34.5 Å².